The second-order valence-corrected chi connectivity index (χ2v) is 7.36. The van der Waals surface area contributed by atoms with Crippen LogP contribution in [0, 0.1) is 16.7 Å². The second kappa shape index (κ2) is 5.44. The van der Waals surface area contributed by atoms with E-state index in [0.717, 1.165) is 10.2 Å². The molecule has 5 heteroatoms. The summed E-state index contributed by atoms with van der Waals surface area (Å²) < 4.78 is 0.945. The van der Waals surface area contributed by atoms with Crippen LogP contribution in [0.25, 0.3) is 0 Å². The van der Waals surface area contributed by atoms with Crippen LogP contribution < -0.4 is 5.32 Å². The van der Waals surface area contributed by atoms with Crippen LogP contribution in [0.15, 0.2) is 28.7 Å². The van der Waals surface area contributed by atoms with Crippen LogP contribution in [0.4, 0.5) is 5.69 Å². The first-order chi connectivity index (χ1) is 9.68. The predicted molar refractivity (Wildman–Crippen MR) is 85.0 cm³/mol. The Labute approximate surface area is 133 Å². The van der Waals surface area contributed by atoms with E-state index in [-0.39, 0.29) is 11.8 Å². The van der Waals surface area contributed by atoms with Gasteiger partial charge in [0, 0.05) is 16.1 Å². The maximum atomic E-state index is 12.5. The highest BCUT2D eigenvalue weighted by molar-refractivity contribution is 9.10. The lowest BCUT2D eigenvalue weighted by atomic mass is 9.65. The smallest absolute Gasteiger partial charge is 0.309 e. The first kappa shape index (κ1) is 16.0. The van der Waals surface area contributed by atoms with Crippen molar-refractivity contribution in [2.45, 2.75) is 33.6 Å². The molecule has 0 heterocycles. The Balaban J connectivity index is 2.17. The van der Waals surface area contributed by atoms with Gasteiger partial charge in [-0.05, 0) is 49.4 Å². The molecule has 1 aromatic carbocycles. The number of hydrogen-bond acceptors (Lipinski definition) is 2. The standard InChI is InChI=1S/C16H20BrNO3/c1-15(2)12(8-9-16(15,3)14(20)21)13(19)18-11-6-4-10(17)5-7-11/h4-7,12H,8-9H2,1-3H3,(H,18,19)(H,20,21)/t12-,16-/m0/s1. The lowest BCUT2D eigenvalue weighted by Crippen LogP contribution is -2.43. The minimum absolute atomic E-state index is 0.104. The number of hydrogen-bond donors (Lipinski definition) is 2. The predicted octanol–water partition coefficient (Wildman–Crippen LogP) is 3.91. The van der Waals surface area contributed by atoms with Gasteiger partial charge in [0.25, 0.3) is 0 Å². The van der Waals surface area contributed by atoms with Gasteiger partial charge in [0.2, 0.25) is 5.91 Å². The Hall–Kier alpha value is -1.36. The average Bonchev–Trinajstić information content (AvgIpc) is 2.64. The molecule has 1 aromatic rings. The highest BCUT2D eigenvalue weighted by Crippen LogP contribution is 2.56. The minimum atomic E-state index is -0.866. The lowest BCUT2D eigenvalue weighted by molar-refractivity contribution is -0.154. The van der Waals surface area contributed by atoms with E-state index in [1.807, 2.05) is 38.1 Å². The normalized spacial score (nSPS) is 27.3. The Bertz CT molecular complexity index is 567. The Morgan fingerprint density at radius 2 is 1.81 bits per heavy atom. The van der Waals surface area contributed by atoms with E-state index in [0.29, 0.717) is 12.8 Å². The summed E-state index contributed by atoms with van der Waals surface area (Å²) in [5, 5.41) is 12.4. The van der Waals surface area contributed by atoms with E-state index in [2.05, 4.69) is 21.2 Å². The second-order valence-electron chi connectivity index (χ2n) is 6.45. The van der Waals surface area contributed by atoms with Crippen LogP contribution in [-0.4, -0.2) is 17.0 Å². The monoisotopic (exact) mass is 353 g/mol. The third-order valence-electron chi connectivity index (χ3n) is 5.13. The Morgan fingerprint density at radius 3 is 2.29 bits per heavy atom. The number of carboxylic acids is 1. The van der Waals surface area contributed by atoms with Crippen LogP contribution in [0.5, 0.6) is 0 Å². The minimum Gasteiger partial charge on any atom is -0.481 e. The van der Waals surface area contributed by atoms with Gasteiger partial charge in [-0.15, -0.1) is 0 Å². The molecule has 4 nitrogen and oxygen atoms in total. The van der Waals surface area contributed by atoms with E-state index < -0.39 is 16.8 Å². The molecule has 1 aliphatic carbocycles. The van der Waals surface area contributed by atoms with E-state index in [1.165, 1.54) is 0 Å². The van der Waals surface area contributed by atoms with Gasteiger partial charge in [-0.25, -0.2) is 0 Å². The summed E-state index contributed by atoms with van der Waals surface area (Å²) in [5.74, 6) is -1.24. The SMILES string of the molecule is CC1(C)[C@H](C(=O)Nc2ccc(Br)cc2)CC[C@@]1(C)C(=O)O. The molecular formula is C16H20BrNO3. The van der Waals surface area contributed by atoms with Gasteiger partial charge >= 0.3 is 5.97 Å². The molecule has 21 heavy (non-hydrogen) atoms. The Kier molecular flexibility index (Phi) is 4.15. The fraction of sp³-hybridized carbons (Fsp3) is 0.500. The summed E-state index contributed by atoms with van der Waals surface area (Å²) in [4.78, 5) is 24.1. The Morgan fingerprint density at radius 1 is 1.24 bits per heavy atom. The maximum Gasteiger partial charge on any atom is 0.309 e. The molecule has 0 aromatic heterocycles. The number of benzene rings is 1. The maximum absolute atomic E-state index is 12.5. The topological polar surface area (TPSA) is 66.4 Å². The van der Waals surface area contributed by atoms with E-state index in [9.17, 15) is 14.7 Å². The van der Waals surface area contributed by atoms with Crippen LogP contribution in [0.3, 0.4) is 0 Å². The van der Waals surface area contributed by atoms with Crippen LogP contribution >= 0.6 is 15.9 Å². The van der Waals surface area contributed by atoms with Gasteiger partial charge in [0.1, 0.15) is 0 Å². The summed E-state index contributed by atoms with van der Waals surface area (Å²) >= 11 is 3.35. The quantitative estimate of drug-likeness (QED) is 0.865. The molecule has 0 aliphatic heterocycles. The first-order valence-electron chi connectivity index (χ1n) is 6.98. The van der Waals surface area contributed by atoms with Gasteiger partial charge in [-0.3, -0.25) is 9.59 Å². The lowest BCUT2D eigenvalue weighted by Gasteiger charge is -2.37. The molecule has 0 bridgehead atoms. The molecule has 2 rings (SSSR count). The molecule has 0 unspecified atom stereocenters. The zero-order valence-corrected chi connectivity index (χ0v) is 14.0. The molecule has 1 fully saturated rings. The largest absolute Gasteiger partial charge is 0.481 e. The third kappa shape index (κ3) is 2.71. The number of halogens is 1. The van der Waals surface area contributed by atoms with Crippen molar-refractivity contribution in [2.75, 3.05) is 5.32 Å². The number of carbonyl (C=O) groups excluding carboxylic acids is 1. The summed E-state index contributed by atoms with van der Waals surface area (Å²) in [6.07, 6.45) is 1.12. The summed E-state index contributed by atoms with van der Waals surface area (Å²) in [6, 6.07) is 7.36. The third-order valence-corrected chi connectivity index (χ3v) is 5.66. The molecule has 1 amide bonds. The molecule has 0 spiro atoms. The average molecular weight is 354 g/mol. The zero-order valence-electron chi connectivity index (χ0n) is 12.4. The molecule has 1 aliphatic rings. The molecule has 2 N–H and O–H groups in total. The highest BCUT2D eigenvalue weighted by atomic mass is 79.9. The van der Waals surface area contributed by atoms with E-state index in [4.69, 9.17) is 0 Å². The number of nitrogens with one attached hydrogen (secondary N) is 1. The van der Waals surface area contributed by atoms with Gasteiger partial charge in [0.15, 0.2) is 0 Å². The van der Waals surface area contributed by atoms with Gasteiger partial charge < -0.3 is 10.4 Å². The van der Waals surface area contributed by atoms with Crippen molar-refractivity contribution in [2.24, 2.45) is 16.7 Å². The first-order valence-corrected chi connectivity index (χ1v) is 7.77. The zero-order chi connectivity index (χ0) is 15.8. The van der Waals surface area contributed by atoms with E-state index in [1.54, 1.807) is 6.92 Å². The van der Waals surface area contributed by atoms with Crippen LogP contribution in [0.1, 0.15) is 33.6 Å². The summed E-state index contributed by atoms with van der Waals surface area (Å²) in [6.45, 7) is 5.49. The van der Waals surface area contributed by atoms with E-state index >= 15 is 0 Å². The summed E-state index contributed by atoms with van der Waals surface area (Å²) in [7, 11) is 0. The fourth-order valence-corrected chi connectivity index (χ4v) is 3.37. The number of carbonyl (C=O) groups is 2. The van der Waals surface area contributed by atoms with Gasteiger partial charge in [-0.2, -0.15) is 0 Å². The van der Waals surface area contributed by atoms with Crippen molar-refractivity contribution in [3.8, 4) is 0 Å². The molecule has 0 saturated heterocycles. The van der Waals surface area contributed by atoms with Crippen molar-refractivity contribution < 1.29 is 14.7 Å². The van der Waals surface area contributed by atoms with Crippen LogP contribution in [-0.2, 0) is 9.59 Å². The van der Waals surface area contributed by atoms with Gasteiger partial charge in [0.05, 0.1) is 5.41 Å². The fourth-order valence-electron chi connectivity index (χ4n) is 3.10. The number of aliphatic carboxylic acids is 1. The van der Waals surface area contributed by atoms with Gasteiger partial charge in [-0.1, -0.05) is 29.8 Å². The number of amides is 1. The molecule has 114 valence electrons. The van der Waals surface area contributed by atoms with Crippen molar-refractivity contribution in [3.63, 3.8) is 0 Å². The molecular weight excluding hydrogens is 334 g/mol. The summed E-state index contributed by atoms with van der Waals surface area (Å²) in [5.41, 5.74) is -0.726. The number of carboxylic acid groups (broad SMARTS) is 1. The molecule has 2 atom stereocenters. The van der Waals surface area contributed by atoms with Crippen molar-refractivity contribution in [1.29, 1.82) is 0 Å². The van der Waals surface area contributed by atoms with Crippen LogP contribution in [0.2, 0.25) is 0 Å². The number of rotatable bonds is 3. The highest BCUT2D eigenvalue weighted by Gasteiger charge is 2.58. The van der Waals surface area contributed by atoms with Crippen molar-refractivity contribution in [1.82, 2.24) is 0 Å². The van der Waals surface area contributed by atoms with Crippen molar-refractivity contribution >= 4 is 33.5 Å². The van der Waals surface area contributed by atoms with Crippen molar-refractivity contribution in [3.05, 3.63) is 28.7 Å². The number of anilines is 1. The molecule has 0 radical (unpaired) electrons. The molecule has 1 saturated carbocycles.